The molecule has 0 amide bonds. The van der Waals surface area contributed by atoms with Gasteiger partial charge in [-0.1, -0.05) is 0 Å². The Bertz CT molecular complexity index is 369. The molecule has 1 aliphatic carbocycles. The smallest absolute Gasteiger partial charge is 0.132 e. The fraction of sp³-hybridized carbons (Fsp3) is 0.750. The van der Waals surface area contributed by atoms with E-state index in [4.69, 9.17) is 0 Å². The van der Waals surface area contributed by atoms with Crippen molar-refractivity contribution in [3.63, 3.8) is 0 Å². The Morgan fingerprint density at radius 2 is 2.19 bits per heavy atom. The van der Waals surface area contributed by atoms with Crippen LogP contribution in [0.3, 0.4) is 0 Å². The minimum absolute atomic E-state index is 0.0795. The van der Waals surface area contributed by atoms with Crippen molar-refractivity contribution in [3.8, 4) is 0 Å². The van der Waals surface area contributed by atoms with Crippen molar-refractivity contribution in [2.75, 3.05) is 18.0 Å². The fourth-order valence-electron chi connectivity index (χ4n) is 2.25. The van der Waals surface area contributed by atoms with Crippen LogP contribution in [0.4, 0.5) is 5.82 Å². The monoisotopic (exact) mass is 223 g/mol. The second kappa shape index (κ2) is 4.45. The van der Waals surface area contributed by atoms with Gasteiger partial charge in [-0.2, -0.15) is 5.10 Å². The highest BCUT2D eigenvalue weighted by atomic mass is 16.3. The third-order valence-electron chi connectivity index (χ3n) is 3.33. The van der Waals surface area contributed by atoms with Crippen molar-refractivity contribution in [2.45, 2.75) is 33.3 Å². The van der Waals surface area contributed by atoms with E-state index in [0.717, 1.165) is 36.1 Å². The first-order valence-electron chi connectivity index (χ1n) is 6.05. The van der Waals surface area contributed by atoms with E-state index in [1.54, 1.807) is 0 Å². The van der Waals surface area contributed by atoms with Gasteiger partial charge in [-0.05, 0) is 32.6 Å². The van der Waals surface area contributed by atoms with Gasteiger partial charge in [-0.15, -0.1) is 0 Å². The molecule has 1 N–H and O–H groups in total. The van der Waals surface area contributed by atoms with Crippen molar-refractivity contribution >= 4 is 5.82 Å². The van der Waals surface area contributed by atoms with Gasteiger partial charge in [0, 0.05) is 25.7 Å². The number of hydrogen-bond acceptors (Lipinski definition) is 3. The van der Waals surface area contributed by atoms with Gasteiger partial charge in [0.25, 0.3) is 0 Å². The SMILES string of the molecule is CCN(CC1CC1)c1c(CO)c(C)nn1C. The lowest BCUT2D eigenvalue weighted by Gasteiger charge is -2.24. The van der Waals surface area contributed by atoms with Crippen LogP contribution in [0.25, 0.3) is 0 Å². The van der Waals surface area contributed by atoms with Crippen LogP contribution < -0.4 is 4.90 Å². The molecule has 1 saturated carbocycles. The van der Waals surface area contributed by atoms with Crippen LogP contribution in [-0.4, -0.2) is 28.0 Å². The Morgan fingerprint density at radius 3 is 2.69 bits per heavy atom. The van der Waals surface area contributed by atoms with Crippen molar-refractivity contribution in [2.24, 2.45) is 13.0 Å². The Hall–Kier alpha value is -1.03. The van der Waals surface area contributed by atoms with Gasteiger partial charge in [0.1, 0.15) is 5.82 Å². The van der Waals surface area contributed by atoms with Crippen LogP contribution in [0, 0.1) is 12.8 Å². The molecule has 4 heteroatoms. The molecule has 0 unspecified atom stereocenters. The number of aliphatic hydroxyl groups excluding tert-OH is 1. The highest BCUT2D eigenvalue weighted by Gasteiger charge is 2.26. The largest absolute Gasteiger partial charge is 0.391 e. The summed E-state index contributed by atoms with van der Waals surface area (Å²) in [4.78, 5) is 2.34. The molecule has 1 fully saturated rings. The van der Waals surface area contributed by atoms with Crippen LogP contribution in [-0.2, 0) is 13.7 Å². The molecule has 0 bridgehead atoms. The van der Waals surface area contributed by atoms with E-state index in [1.807, 2.05) is 18.7 Å². The lowest BCUT2D eigenvalue weighted by Crippen LogP contribution is -2.28. The second-order valence-electron chi connectivity index (χ2n) is 4.65. The standard InChI is InChI=1S/C12H21N3O/c1-4-15(7-10-5-6-10)12-11(8-16)9(2)13-14(12)3/h10,16H,4-8H2,1-3H3. The Morgan fingerprint density at radius 1 is 1.50 bits per heavy atom. The maximum Gasteiger partial charge on any atom is 0.132 e. The predicted molar refractivity (Wildman–Crippen MR) is 64.5 cm³/mol. The third-order valence-corrected chi connectivity index (χ3v) is 3.33. The predicted octanol–water partition coefficient (Wildman–Crippen LogP) is 1.46. The topological polar surface area (TPSA) is 41.3 Å². The van der Waals surface area contributed by atoms with E-state index in [-0.39, 0.29) is 6.61 Å². The van der Waals surface area contributed by atoms with Crippen LogP contribution in [0.5, 0.6) is 0 Å². The van der Waals surface area contributed by atoms with E-state index in [2.05, 4.69) is 16.9 Å². The van der Waals surface area contributed by atoms with E-state index in [1.165, 1.54) is 12.8 Å². The minimum Gasteiger partial charge on any atom is -0.391 e. The summed E-state index contributed by atoms with van der Waals surface area (Å²) >= 11 is 0. The molecule has 0 atom stereocenters. The number of nitrogens with zero attached hydrogens (tertiary/aromatic N) is 3. The zero-order valence-electron chi connectivity index (χ0n) is 10.4. The molecule has 1 heterocycles. The summed E-state index contributed by atoms with van der Waals surface area (Å²) in [6.45, 7) is 6.27. The number of aliphatic hydroxyl groups is 1. The van der Waals surface area contributed by atoms with Gasteiger partial charge in [-0.3, -0.25) is 4.68 Å². The molecule has 0 radical (unpaired) electrons. The molecule has 4 nitrogen and oxygen atoms in total. The molecule has 1 aromatic rings. The summed E-state index contributed by atoms with van der Waals surface area (Å²) in [5, 5.41) is 13.8. The first-order chi connectivity index (χ1) is 7.67. The van der Waals surface area contributed by atoms with Crippen LogP contribution in [0.2, 0.25) is 0 Å². The van der Waals surface area contributed by atoms with Crippen molar-refractivity contribution in [1.82, 2.24) is 9.78 Å². The Labute approximate surface area is 96.9 Å². The lowest BCUT2D eigenvalue weighted by atomic mass is 10.2. The Kier molecular flexibility index (Phi) is 3.19. The quantitative estimate of drug-likeness (QED) is 0.821. The first-order valence-corrected chi connectivity index (χ1v) is 6.05. The average Bonchev–Trinajstić information content (AvgIpc) is 3.01. The molecule has 16 heavy (non-hydrogen) atoms. The molecular weight excluding hydrogens is 202 g/mol. The summed E-state index contributed by atoms with van der Waals surface area (Å²) in [6, 6.07) is 0. The van der Waals surface area contributed by atoms with Gasteiger partial charge in [0.2, 0.25) is 0 Å². The molecule has 0 aliphatic heterocycles. The summed E-state index contributed by atoms with van der Waals surface area (Å²) in [7, 11) is 1.96. The van der Waals surface area contributed by atoms with Gasteiger partial charge < -0.3 is 10.0 Å². The fourth-order valence-corrected chi connectivity index (χ4v) is 2.25. The Balaban J connectivity index is 2.27. The highest BCUT2D eigenvalue weighted by Crippen LogP contribution is 2.32. The van der Waals surface area contributed by atoms with Gasteiger partial charge >= 0.3 is 0 Å². The number of aromatic nitrogens is 2. The molecule has 1 aliphatic rings. The first kappa shape index (κ1) is 11.5. The van der Waals surface area contributed by atoms with E-state index >= 15 is 0 Å². The number of rotatable bonds is 5. The molecule has 0 spiro atoms. The van der Waals surface area contributed by atoms with E-state index in [0.29, 0.717) is 0 Å². The van der Waals surface area contributed by atoms with Gasteiger partial charge in [0.15, 0.2) is 0 Å². The van der Waals surface area contributed by atoms with Crippen molar-refractivity contribution < 1.29 is 5.11 Å². The summed E-state index contributed by atoms with van der Waals surface area (Å²) in [5.74, 6) is 1.94. The van der Waals surface area contributed by atoms with Crippen LogP contribution in [0.15, 0.2) is 0 Å². The zero-order valence-corrected chi connectivity index (χ0v) is 10.4. The number of aryl methyl sites for hydroxylation is 2. The molecule has 90 valence electrons. The maximum absolute atomic E-state index is 9.43. The second-order valence-corrected chi connectivity index (χ2v) is 4.65. The van der Waals surface area contributed by atoms with E-state index < -0.39 is 0 Å². The molecule has 1 aromatic heterocycles. The van der Waals surface area contributed by atoms with Crippen molar-refractivity contribution in [3.05, 3.63) is 11.3 Å². The average molecular weight is 223 g/mol. The van der Waals surface area contributed by atoms with Crippen LogP contribution >= 0.6 is 0 Å². The third kappa shape index (κ3) is 2.07. The van der Waals surface area contributed by atoms with Crippen LogP contribution in [0.1, 0.15) is 31.0 Å². The molecule has 0 aromatic carbocycles. The van der Waals surface area contributed by atoms with Gasteiger partial charge in [-0.25, -0.2) is 0 Å². The zero-order chi connectivity index (χ0) is 11.7. The number of anilines is 1. The van der Waals surface area contributed by atoms with Gasteiger partial charge in [0.05, 0.1) is 12.3 Å². The summed E-state index contributed by atoms with van der Waals surface area (Å²) in [5.41, 5.74) is 1.92. The maximum atomic E-state index is 9.43. The molecule has 2 rings (SSSR count). The minimum atomic E-state index is 0.0795. The highest BCUT2D eigenvalue weighted by molar-refractivity contribution is 5.50. The van der Waals surface area contributed by atoms with E-state index in [9.17, 15) is 5.11 Å². The summed E-state index contributed by atoms with van der Waals surface area (Å²) < 4.78 is 1.90. The van der Waals surface area contributed by atoms with Crippen molar-refractivity contribution in [1.29, 1.82) is 0 Å². The normalized spacial score (nSPS) is 15.5. The molecule has 0 saturated heterocycles. The lowest BCUT2D eigenvalue weighted by molar-refractivity contribution is 0.281. The number of hydrogen-bond donors (Lipinski definition) is 1. The molecular formula is C12H21N3O. The summed E-state index contributed by atoms with van der Waals surface area (Å²) in [6.07, 6.45) is 2.70.